The van der Waals surface area contributed by atoms with Gasteiger partial charge < -0.3 is 14.4 Å². The van der Waals surface area contributed by atoms with Crippen LogP contribution < -0.4 is 5.56 Å². The highest BCUT2D eigenvalue weighted by molar-refractivity contribution is 5.88. The Bertz CT molecular complexity index is 998. The number of fused-ring (bicyclic) bond motifs is 3. The number of benzene rings is 1. The maximum Gasteiger partial charge on any atom is 0.360 e. The summed E-state index contributed by atoms with van der Waals surface area (Å²) in [5, 5.41) is 9.57. The maximum absolute atomic E-state index is 13.2. The average Bonchev–Trinajstić information content (AvgIpc) is 2.72. The van der Waals surface area contributed by atoms with Gasteiger partial charge in [-0.15, -0.1) is 0 Å². The molecule has 1 aromatic carbocycles. The number of ether oxygens (including phenoxy) is 1. The summed E-state index contributed by atoms with van der Waals surface area (Å²) in [6, 6.07) is 8.48. The summed E-state index contributed by atoms with van der Waals surface area (Å²) in [4.78, 5) is 31.7. The van der Waals surface area contributed by atoms with Crippen LogP contribution in [0.2, 0.25) is 0 Å². The molecule has 3 aliphatic rings. The molecular weight excluding hydrogens is 394 g/mol. The van der Waals surface area contributed by atoms with E-state index in [1.54, 1.807) is 10.6 Å². The lowest BCUT2D eigenvalue weighted by Crippen LogP contribution is -2.61. The first kappa shape index (κ1) is 20.6. The number of nitrogens with zero attached hydrogens (tertiary/aromatic N) is 3. The Labute approximate surface area is 182 Å². The van der Waals surface area contributed by atoms with Gasteiger partial charge in [-0.1, -0.05) is 44.2 Å². The minimum absolute atomic E-state index is 0.0396. The highest BCUT2D eigenvalue weighted by Gasteiger charge is 2.43. The van der Waals surface area contributed by atoms with E-state index in [4.69, 9.17) is 4.74 Å². The second-order valence-corrected chi connectivity index (χ2v) is 9.35. The number of carbonyl (C=O) groups is 1. The fourth-order valence-electron chi connectivity index (χ4n) is 6.11. The van der Waals surface area contributed by atoms with Crippen molar-refractivity contribution in [1.29, 1.82) is 0 Å². The number of aromatic nitrogens is 2. The molecule has 166 valence electrons. The summed E-state index contributed by atoms with van der Waals surface area (Å²) >= 11 is 0. The minimum atomic E-state index is -1.26. The largest absolute Gasteiger partial charge is 0.476 e. The molecular formula is C24H31N3O4. The summed E-state index contributed by atoms with van der Waals surface area (Å²) in [5.41, 5.74) is 0.404. The van der Waals surface area contributed by atoms with E-state index in [0.29, 0.717) is 24.8 Å². The molecule has 3 fully saturated rings. The van der Waals surface area contributed by atoms with Crippen molar-refractivity contribution in [3.05, 3.63) is 40.3 Å². The summed E-state index contributed by atoms with van der Waals surface area (Å²) in [6.07, 6.45) is 10.7. The number of piperidine rings is 1. The van der Waals surface area contributed by atoms with Gasteiger partial charge in [0.1, 0.15) is 0 Å². The summed E-state index contributed by atoms with van der Waals surface area (Å²) in [7, 11) is 0. The van der Waals surface area contributed by atoms with Crippen molar-refractivity contribution in [2.24, 2.45) is 0 Å². The molecule has 0 spiro atoms. The van der Waals surface area contributed by atoms with E-state index in [1.807, 2.05) is 18.2 Å². The van der Waals surface area contributed by atoms with Crippen LogP contribution in [0.5, 0.6) is 0 Å². The predicted molar refractivity (Wildman–Crippen MR) is 118 cm³/mol. The molecule has 1 aromatic heterocycles. The number of para-hydroxylation sites is 2. The van der Waals surface area contributed by atoms with Crippen LogP contribution in [0, 0.1) is 0 Å². The van der Waals surface area contributed by atoms with Gasteiger partial charge in [-0.05, 0) is 37.8 Å². The summed E-state index contributed by atoms with van der Waals surface area (Å²) < 4.78 is 7.66. The Morgan fingerprint density at radius 3 is 2.26 bits per heavy atom. The van der Waals surface area contributed by atoms with Crippen molar-refractivity contribution in [2.75, 3.05) is 13.2 Å². The Kier molecular flexibility index (Phi) is 5.80. The first-order valence-electron chi connectivity index (χ1n) is 11.7. The number of rotatable bonds is 3. The van der Waals surface area contributed by atoms with E-state index in [-0.39, 0.29) is 23.8 Å². The molecule has 1 aliphatic carbocycles. The number of hydrogen-bond acceptors (Lipinski definition) is 5. The van der Waals surface area contributed by atoms with Gasteiger partial charge in [0.15, 0.2) is 0 Å². The molecule has 3 heterocycles. The van der Waals surface area contributed by atoms with Gasteiger partial charge in [-0.2, -0.15) is 0 Å². The third-order valence-electron chi connectivity index (χ3n) is 7.41. The fraction of sp³-hybridized carbons (Fsp3) is 0.625. The van der Waals surface area contributed by atoms with E-state index in [9.17, 15) is 14.7 Å². The highest BCUT2D eigenvalue weighted by Crippen LogP contribution is 2.38. The van der Waals surface area contributed by atoms with Crippen LogP contribution in [0.15, 0.2) is 29.1 Å². The zero-order chi connectivity index (χ0) is 21.4. The third-order valence-corrected chi connectivity index (χ3v) is 7.41. The Morgan fingerprint density at radius 2 is 1.58 bits per heavy atom. The van der Waals surface area contributed by atoms with Gasteiger partial charge in [0.25, 0.3) is 5.56 Å². The zero-order valence-corrected chi connectivity index (χ0v) is 17.9. The third kappa shape index (κ3) is 3.89. The first-order chi connectivity index (χ1) is 15.1. The van der Waals surface area contributed by atoms with Crippen molar-refractivity contribution >= 4 is 17.0 Å². The number of aromatic carboxylic acids is 1. The molecule has 5 rings (SSSR count). The molecule has 2 aromatic rings. The molecule has 2 bridgehead atoms. The van der Waals surface area contributed by atoms with Crippen LogP contribution in [0.25, 0.3) is 11.0 Å². The second-order valence-electron chi connectivity index (χ2n) is 9.35. The molecule has 0 radical (unpaired) electrons. The lowest BCUT2D eigenvalue weighted by atomic mass is 9.85. The quantitative estimate of drug-likeness (QED) is 0.809. The summed E-state index contributed by atoms with van der Waals surface area (Å²) in [5.74, 6) is -1.26. The van der Waals surface area contributed by atoms with E-state index in [2.05, 4.69) is 9.88 Å². The van der Waals surface area contributed by atoms with Crippen LogP contribution in [0.3, 0.4) is 0 Å². The highest BCUT2D eigenvalue weighted by atomic mass is 16.5. The fourth-order valence-corrected chi connectivity index (χ4v) is 6.11. The monoisotopic (exact) mass is 425 g/mol. The molecule has 0 amide bonds. The molecule has 3 atom stereocenters. The van der Waals surface area contributed by atoms with Crippen LogP contribution >= 0.6 is 0 Å². The van der Waals surface area contributed by atoms with Crippen molar-refractivity contribution in [2.45, 2.75) is 82.0 Å². The van der Waals surface area contributed by atoms with Gasteiger partial charge >= 0.3 is 5.97 Å². The second kappa shape index (κ2) is 8.71. The van der Waals surface area contributed by atoms with Gasteiger partial charge in [-0.25, -0.2) is 9.78 Å². The number of carboxylic acid groups (broad SMARTS) is 1. The van der Waals surface area contributed by atoms with Gasteiger partial charge in [0.2, 0.25) is 5.69 Å². The molecule has 7 nitrogen and oxygen atoms in total. The van der Waals surface area contributed by atoms with Crippen LogP contribution in [0.4, 0.5) is 0 Å². The lowest BCUT2D eigenvalue weighted by Gasteiger charge is -2.52. The van der Waals surface area contributed by atoms with Crippen molar-refractivity contribution in [1.82, 2.24) is 14.5 Å². The number of hydrogen-bond donors (Lipinski definition) is 1. The summed E-state index contributed by atoms with van der Waals surface area (Å²) in [6.45, 7) is 1.38. The average molecular weight is 426 g/mol. The van der Waals surface area contributed by atoms with E-state index < -0.39 is 11.5 Å². The minimum Gasteiger partial charge on any atom is -0.476 e. The Balaban J connectivity index is 1.50. The molecule has 7 heteroatoms. The smallest absolute Gasteiger partial charge is 0.360 e. The van der Waals surface area contributed by atoms with E-state index in [0.717, 1.165) is 18.4 Å². The van der Waals surface area contributed by atoms with E-state index >= 15 is 0 Å². The predicted octanol–water partition coefficient (Wildman–Crippen LogP) is 3.61. The Morgan fingerprint density at radius 1 is 0.935 bits per heavy atom. The van der Waals surface area contributed by atoms with Crippen LogP contribution in [-0.2, 0) is 4.74 Å². The van der Waals surface area contributed by atoms with Crippen LogP contribution in [0.1, 0.15) is 74.3 Å². The lowest BCUT2D eigenvalue weighted by molar-refractivity contribution is -0.108. The molecule has 2 aliphatic heterocycles. The zero-order valence-electron chi connectivity index (χ0n) is 17.9. The van der Waals surface area contributed by atoms with Gasteiger partial charge in [-0.3, -0.25) is 9.69 Å². The normalized spacial score (nSPS) is 28.2. The molecule has 2 saturated heterocycles. The molecule has 1 N–H and O–H groups in total. The van der Waals surface area contributed by atoms with Gasteiger partial charge in [0.05, 0.1) is 24.2 Å². The molecule has 1 unspecified atom stereocenters. The van der Waals surface area contributed by atoms with E-state index in [1.165, 1.54) is 44.9 Å². The van der Waals surface area contributed by atoms with Crippen molar-refractivity contribution in [3.8, 4) is 0 Å². The molecule has 31 heavy (non-hydrogen) atoms. The SMILES string of the molecule is O=C(O)c1nc2ccccc2n(C2C[C@H]3COC[C@@H](C2)N3C2CCCCCCC2)c1=O. The molecule has 1 saturated carbocycles. The van der Waals surface area contributed by atoms with Gasteiger partial charge in [0, 0.05) is 24.2 Å². The standard InChI is InChI=1S/C24H31N3O4/c28-23-22(24(29)30)25-20-10-6-7-11-21(20)27(23)17-12-18-14-31-15-19(13-17)26(18)16-8-4-2-1-3-5-9-16/h6-7,10-11,16-19H,1-5,8-9,12-15H2,(H,29,30)/t17?,18-,19+. The first-order valence-corrected chi connectivity index (χ1v) is 11.7. The number of carboxylic acids is 1. The maximum atomic E-state index is 13.2. The van der Waals surface area contributed by atoms with Crippen molar-refractivity contribution in [3.63, 3.8) is 0 Å². The van der Waals surface area contributed by atoms with Crippen LogP contribution in [-0.4, -0.2) is 56.9 Å². The topological polar surface area (TPSA) is 84.7 Å². The Hall–Kier alpha value is -2.25. The van der Waals surface area contributed by atoms with Crippen molar-refractivity contribution < 1.29 is 14.6 Å². The number of morpholine rings is 1.